The summed E-state index contributed by atoms with van der Waals surface area (Å²) in [5, 5.41) is 4.16. The average molecular weight is 415 g/mol. The van der Waals surface area contributed by atoms with Gasteiger partial charge in [-0.3, -0.25) is 0 Å². The Labute approximate surface area is 180 Å². The highest BCUT2D eigenvalue weighted by atomic mass is 16.5. The molecular weight excluding hydrogens is 390 g/mol. The number of hydrogen-bond acceptors (Lipinski definition) is 3. The average Bonchev–Trinajstić information content (AvgIpc) is 3.44. The molecule has 0 bridgehead atoms. The highest BCUT2D eigenvalue weighted by Gasteiger charge is 2.34. The predicted molar refractivity (Wildman–Crippen MR) is 119 cm³/mol. The van der Waals surface area contributed by atoms with Gasteiger partial charge in [0.2, 0.25) is 0 Å². The second-order valence-electron chi connectivity index (χ2n) is 7.92. The summed E-state index contributed by atoms with van der Waals surface area (Å²) in [6.45, 7) is 3.05. The zero-order chi connectivity index (χ0) is 21.4. The van der Waals surface area contributed by atoms with Crippen molar-refractivity contribution in [2.75, 3.05) is 13.7 Å². The Morgan fingerprint density at radius 1 is 1.23 bits per heavy atom. The molecule has 0 saturated carbocycles. The lowest BCUT2D eigenvalue weighted by molar-refractivity contribution is 0.178. The van der Waals surface area contributed by atoms with Crippen LogP contribution in [0.2, 0.25) is 0 Å². The first kappa shape index (κ1) is 19.3. The van der Waals surface area contributed by atoms with Crippen LogP contribution in [-0.2, 0) is 13.0 Å². The second-order valence-corrected chi connectivity index (χ2v) is 7.92. The zero-order valence-corrected chi connectivity index (χ0v) is 17.6. The number of furan rings is 1. The third kappa shape index (κ3) is 3.54. The van der Waals surface area contributed by atoms with Gasteiger partial charge in [0.05, 0.1) is 26.0 Å². The Morgan fingerprint density at radius 3 is 2.81 bits per heavy atom. The van der Waals surface area contributed by atoms with Gasteiger partial charge < -0.3 is 24.4 Å². The summed E-state index contributed by atoms with van der Waals surface area (Å²) in [4.78, 5) is 18.7. The van der Waals surface area contributed by atoms with E-state index in [0.29, 0.717) is 13.1 Å². The largest absolute Gasteiger partial charge is 0.497 e. The Balaban J connectivity index is 1.54. The summed E-state index contributed by atoms with van der Waals surface area (Å²) in [5.74, 6) is 1.57. The van der Waals surface area contributed by atoms with Crippen LogP contribution in [0.3, 0.4) is 0 Å². The van der Waals surface area contributed by atoms with E-state index in [9.17, 15) is 4.79 Å². The lowest BCUT2D eigenvalue weighted by Gasteiger charge is -2.36. The maximum Gasteiger partial charge on any atom is 0.318 e. The molecule has 1 unspecified atom stereocenters. The maximum absolute atomic E-state index is 13.2. The van der Waals surface area contributed by atoms with Gasteiger partial charge in [0, 0.05) is 23.1 Å². The van der Waals surface area contributed by atoms with Crippen LogP contribution in [0, 0.1) is 6.92 Å². The van der Waals surface area contributed by atoms with Crippen molar-refractivity contribution in [2.24, 2.45) is 0 Å². The summed E-state index contributed by atoms with van der Waals surface area (Å²) in [6, 6.07) is 17.8. The summed E-state index contributed by atoms with van der Waals surface area (Å²) >= 11 is 0. The van der Waals surface area contributed by atoms with E-state index >= 15 is 0 Å². The van der Waals surface area contributed by atoms with Gasteiger partial charge in [0.1, 0.15) is 11.5 Å². The van der Waals surface area contributed by atoms with E-state index in [4.69, 9.17) is 9.15 Å². The molecule has 1 aliphatic heterocycles. The third-order valence-corrected chi connectivity index (χ3v) is 5.98. The van der Waals surface area contributed by atoms with Crippen LogP contribution in [-0.4, -0.2) is 29.6 Å². The number of benzene rings is 2. The molecule has 1 aliphatic rings. The first-order chi connectivity index (χ1) is 15.1. The van der Waals surface area contributed by atoms with Crippen LogP contribution >= 0.6 is 0 Å². The van der Waals surface area contributed by atoms with E-state index < -0.39 is 0 Å². The van der Waals surface area contributed by atoms with E-state index in [1.165, 1.54) is 11.1 Å². The number of ether oxygens (including phenoxy) is 1. The second kappa shape index (κ2) is 7.87. The van der Waals surface area contributed by atoms with Crippen LogP contribution in [0.5, 0.6) is 5.75 Å². The summed E-state index contributed by atoms with van der Waals surface area (Å²) in [6.07, 6.45) is 2.39. The quantitative estimate of drug-likeness (QED) is 0.496. The SMILES string of the molecule is COc1ccc2[nH]c3c(c2c1)CCN(C(=O)NCc1ccco1)C3c1ccc(C)cc1. The van der Waals surface area contributed by atoms with E-state index in [0.717, 1.165) is 40.1 Å². The van der Waals surface area contributed by atoms with Crippen molar-refractivity contribution in [3.63, 3.8) is 0 Å². The minimum absolute atomic E-state index is 0.108. The lowest BCUT2D eigenvalue weighted by atomic mass is 9.92. The molecule has 6 heteroatoms. The first-order valence-corrected chi connectivity index (χ1v) is 10.5. The highest BCUT2D eigenvalue weighted by molar-refractivity contribution is 5.87. The van der Waals surface area contributed by atoms with Crippen molar-refractivity contribution >= 4 is 16.9 Å². The van der Waals surface area contributed by atoms with E-state index in [1.807, 2.05) is 29.2 Å². The van der Waals surface area contributed by atoms with Crippen LogP contribution in [0.15, 0.2) is 65.3 Å². The maximum atomic E-state index is 13.2. The molecule has 5 rings (SSSR count). The van der Waals surface area contributed by atoms with Crippen LogP contribution in [0.1, 0.15) is 34.2 Å². The number of methoxy groups -OCH3 is 1. The van der Waals surface area contributed by atoms with Gasteiger partial charge >= 0.3 is 6.03 Å². The van der Waals surface area contributed by atoms with Gasteiger partial charge in [-0.05, 0) is 54.8 Å². The fourth-order valence-electron chi connectivity index (χ4n) is 4.39. The van der Waals surface area contributed by atoms with E-state index in [1.54, 1.807) is 13.4 Å². The minimum atomic E-state index is -0.195. The van der Waals surface area contributed by atoms with Gasteiger partial charge in [-0.25, -0.2) is 4.79 Å². The molecule has 0 saturated heterocycles. The first-order valence-electron chi connectivity index (χ1n) is 10.5. The zero-order valence-electron chi connectivity index (χ0n) is 17.6. The molecule has 0 radical (unpaired) electrons. The van der Waals surface area contributed by atoms with Crippen molar-refractivity contribution in [3.05, 3.63) is 89.0 Å². The number of aromatic nitrogens is 1. The molecule has 0 spiro atoms. The topological polar surface area (TPSA) is 70.5 Å². The molecule has 0 fully saturated rings. The van der Waals surface area contributed by atoms with Crippen molar-refractivity contribution in [1.82, 2.24) is 15.2 Å². The van der Waals surface area contributed by atoms with Crippen molar-refractivity contribution < 1.29 is 13.9 Å². The van der Waals surface area contributed by atoms with Crippen LogP contribution < -0.4 is 10.1 Å². The molecule has 3 heterocycles. The number of nitrogens with one attached hydrogen (secondary N) is 2. The lowest BCUT2D eigenvalue weighted by Crippen LogP contribution is -2.45. The predicted octanol–water partition coefficient (Wildman–Crippen LogP) is 4.94. The molecular formula is C25H25N3O3. The summed E-state index contributed by atoms with van der Waals surface area (Å²) in [7, 11) is 1.68. The molecule has 1 atom stereocenters. The highest BCUT2D eigenvalue weighted by Crippen LogP contribution is 2.39. The number of rotatable bonds is 4. The van der Waals surface area contributed by atoms with E-state index in [-0.39, 0.29) is 12.1 Å². The molecule has 0 aliphatic carbocycles. The molecule has 2 aromatic carbocycles. The number of fused-ring (bicyclic) bond motifs is 3. The van der Waals surface area contributed by atoms with Crippen LogP contribution in [0.25, 0.3) is 10.9 Å². The molecule has 6 nitrogen and oxygen atoms in total. The van der Waals surface area contributed by atoms with Gasteiger partial charge in [0.15, 0.2) is 0 Å². The fourth-order valence-corrected chi connectivity index (χ4v) is 4.39. The number of hydrogen-bond donors (Lipinski definition) is 2. The Kier molecular flexibility index (Phi) is 4.90. The number of carbonyl (C=O) groups is 1. The number of carbonyl (C=O) groups excluding carboxylic acids is 1. The molecule has 2 aromatic heterocycles. The normalized spacial score (nSPS) is 15.7. The van der Waals surface area contributed by atoms with Gasteiger partial charge in [-0.1, -0.05) is 29.8 Å². The molecule has 4 aromatic rings. The molecule has 2 amide bonds. The van der Waals surface area contributed by atoms with Gasteiger partial charge in [-0.15, -0.1) is 0 Å². The third-order valence-electron chi connectivity index (χ3n) is 5.98. The Bertz CT molecular complexity index is 1210. The number of urea groups is 1. The minimum Gasteiger partial charge on any atom is -0.497 e. The summed E-state index contributed by atoms with van der Waals surface area (Å²) in [5.41, 5.74) is 5.63. The number of aryl methyl sites for hydroxylation is 1. The molecule has 31 heavy (non-hydrogen) atoms. The molecule has 2 N–H and O–H groups in total. The number of nitrogens with zero attached hydrogens (tertiary/aromatic N) is 1. The van der Waals surface area contributed by atoms with Gasteiger partial charge in [0.25, 0.3) is 0 Å². The van der Waals surface area contributed by atoms with Crippen LogP contribution in [0.4, 0.5) is 4.79 Å². The smallest absolute Gasteiger partial charge is 0.318 e. The Morgan fingerprint density at radius 2 is 2.06 bits per heavy atom. The Hall–Kier alpha value is -3.67. The number of H-pyrrole nitrogens is 1. The standard InChI is InChI=1S/C25H25N3O3/c1-16-5-7-17(8-6-16)24-23-20(21-14-18(30-2)9-10-22(21)27-23)11-12-28(24)25(29)26-15-19-4-3-13-31-19/h3-10,13-14,24,27H,11-12,15H2,1-2H3,(H,26,29). The van der Waals surface area contributed by atoms with Gasteiger partial charge in [-0.2, -0.15) is 0 Å². The van der Waals surface area contributed by atoms with E-state index in [2.05, 4.69) is 47.6 Å². The fraction of sp³-hybridized carbons (Fsp3) is 0.240. The summed E-state index contributed by atoms with van der Waals surface area (Å²) < 4.78 is 10.8. The van der Waals surface area contributed by atoms with Crippen molar-refractivity contribution in [1.29, 1.82) is 0 Å². The van der Waals surface area contributed by atoms with Crippen molar-refractivity contribution in [2.45, 2.75) is 25.9 Å². The molecule has 158 valence electrons. The monoisotopic (exact) mass is 415 g/mol. The van der Waals surface area contributed by atoms with Crippen molar-refractivity contribution in [3.8, 4) is 5.75 Å². The number of amides is 2. The number of aromatic amines is 1.